The fourth-order valence-corrected chi connectivity index (χ4v) is 4.22. The van der Waals surface area contributed by atoms with E-state index in [-0.39, 0.29) is 5.91 Å². The average Bonchev–Trinajstić information content (AvgIpc) is 3.34. The zero-order chi connectivity index (χ0) is 19.8. The number of hydrogen-bond donors (Lipinski definition) is 2. The summed E-state index contributed by atoms with van der Waals surface area (Å²) >= 11 is 0. The lowest BCUT2D eigenvalue weighted by Crippen LogP contribution is -2.35. The lowest BCUT2D eigenvalue weighted by atomic mass is 10.2. The fourth-order valence-electron chi connectivity index (χ4n) is 4.22. The van der Waals surface area contributed by atoms with Crippen LogP contribution in [0.2, 0.25) is 0 Å². The Balaban J connectivity index is 1.38. The van der Waals surface area contributed by atoms with Crippen LogP contribution in [0.25, 0.3) is 22.3 Å². The van der Waals surface area contributed by atoms with Gasteiger partial charge in [0.1, 0.15) is 11.6 Å². The number of fused-ring (bicyclic) bond motifs is 2. The van der Waals surface area contributed by atoms with E-state index in [4.69, 9.17) is 4.98 Å². The van der Waals surface area contributed by atoms with Crippen LogP contribution in [-0.2, 0) is 17.9 Å². The third-order valence-electron chi connectivity index (χ3n) is 5.87. The van der Waals surface area contributed by atoms with Crippen molar-refractivity contribution in [3.05, 3.63) is 36.4 Å². The predicted octanol–water partition coefficient (Wildman–Crippen LogP) is 2.02. The van der Waals surface area contributed by atoms with Gasteiger partial charge in [-0.2, -0.15) is 0 Å². The number of nitrogens with zero attached hydrogens (tertiary/aromatic N) is 5. The number of carbonyl (C=O) groups excluding carboxylic acids is 1. The first-order chi connectivity index (χ1) is 14.2. The second-order valence-electron chi connectivity index (χ2n) is 7.86. The lowest BCUT2D eigenvalue weighted by Gasteiger charge is -2.19. The van der Waals surface area contributed by atoms with Crippen LogP contribution in [0.4, 0.5) is 5.82 Å². The maximum Gasteiger partial charge on any atom is 0.239 e. The van der Waals surface area contributed by atoms with Crippen LogP contribution >= 0.6 is 0 Å². The molecule has 150 valence electrons. The third-order valence-corrected chi connectivity index (χ3v) is 5.87. The highest BCUT2D eigenvalue weighted by molar-refractivity contribution is 5.93. The number of aromatic nitrogens is 4. The summed E-state index contributed by atoms with van der Waals surface area (Å²) in [5.74, 6) is 1.55. The molecule has 2 N–H and O–H groups in total. The highest BCUT2D eigenvalue weighted by Crippen LogP contribution is 2.24. The summed E-state index contributed by atoms with van der Waals surface area (Å²) in [4.78, 5) is 28.4. The Morgan fingerprint density at radius 1 is 1.28 bits per heavy atom. The number of amides is 1. The Bertz CT molecular complexity index is 1060. The molecule has 29 heavy (non-hydrogen) atoms. The molecule has 0 bridgehead atoms. The number of imidazole rings is 1. The number of hydrogen-bond acceptors (Lipinski definition) is 6. The molecule has 3 aromatic rings. The average molecular weight is 391 g/mol. The topological polar surface area (TPSA) is 88.0 Å². The van der Waals surface area contributed by atoms with Crippen LogP contribution in [0.15, 0.2) is 30.6 Å². The van der Waals surface area contributed by atoms with Gasteiger partial charge in [0.2, 0.25) is 5.91 Å². The predicted molar refractivity (Wildman–Crippen MR) is 111 cm³/mol. The van der Waals surface area contributed by atoms with E-state index in [1.807, 2.05) is 24.4 Å². The molecule has 0 spiro atoms. The third kappa shape index (κ3) is 3.61. The smallest absolute Gasteiger partial charge is 0.239 e. The summed E-state index contributed by atoms with van der Waals surface area (Å²) in [7, 11) is 0. The molecule has 0 saturated carbocycles. The summed E-state index contributed by atoms with van der Waals surface area (Å²) < 4.78 is 2.21. The van der Waals surface area contributed by atoms with Gasteiger partial charge in [0.05, 0.1) is 36.2 Å². The van der Waals surface area contributed by atoms with Gasteiger partial charge in [-0.1, -0.05) is 0 Å². The summed E-state index contributed by atoms with van der Waals surface area (Å²) in [5, 5.41) is 7.21. The molecule has 0 aliphatic carbocycles. The van der Waals surface area contributed by atoms with Crippen LogP contribution < -0.4 is 10.6 Å². The molecule has 5 heterocycles. The van der Waals surface area contributed by atoms with Crippen molar-refractivity contribution < 1.29 is 4.79 Å². The van der Waals surface area contributed by atoms with Gasteiger partial charge in [0, 0.05) is 36.8 Å². The molecular formula is C21H25N7O. The van der Waals surface area contributed by atoms with Crippen LogP contribution in [0.5, 0.6) is 0 Å². The Labute approximate surface area is 169 Å². The van der Waals surface area contributed by atoms with E-state index in [9.17, 15) is 4.79 Å². The molecular weight excluding hydrogens is 366 g/mol. The maximum atomic E-state index is 12.4. The number of nitrogens with one attached hydrogen (secondary N) is 2. The standard InChI is InChI=1S/C21H25N7O/c1-14-3-2-7-27(14)13-21(29)26-19-9-17-15(10-23-19)4-5-16(25-17)18-11-24-20-12-22-6-8-28(18)20/h4-5,9-11,14,22H,2-3,6-8,12-13H2,1H3,(H,23,26,29). The normalized spacial score (nSPS) is 19.4. The quantitative estimate of drug-likeness (QED) is 0.708. The number of pyridine rings is 2. The molecule has 2 aliphatic rings. The van der Waals surface area contributed by atoms with E-state index in [0.717, 1.165) is 67.1 Å². The minimum Gasteiger partial charge on any atom is -0.324 e. The van der Waals surface area contributed by atoms with Gasteiger partial charge in [0.15, 0.2) is 0 Å². The molecule has 5 rings (SSSR count). The first-order valence-corrected chi connectivity index (χ1v) is 10.2. The molecule has 1 fully saturated rings. The Morgan fingerprint density at radius 3 is 3.07 bits per heavy atom. The van der Waals surface area contributed by atoms with Crippen LogP contribution in [0.1, 0.15) is 25.6 Å². The molecule has 1 unspecified atom stereocenters. The first-order valence-electron chi connectivity index (χ1n) is 10.2. The van der Waals surface area contributed by atoms with E-state index in [2.05, 4.69) is 37.0 Å². The number of anilines is 1. The van der Waals surface area contributed by atoms with Gasteiger partial charge in [-0.15, -0.1) is 0 Å². The van der Waals surface area contributed by atoms with Gasteiger partial charge < -0.3 is 15.2 Å². The molecule has 1 atom stereocenters. The van der Waals surface area contributed by atoms with Crippen LogP contribution in [-0.4, -0.2) is 56.0 Å². The molecule has 0 aromatic carbocycles. The van der Waals surface area contributed by atoms with Crippen molar-refractivity contribution in [2.75, 3.05) is 25.0 Å². The number of carbonyl (C=O) groups is 1. The van der Waals surface area contributed by atoms with E-state index in [1.165, 1.54) is 0 Å². The molecule has 1 amide bonds. The number of rotatable bonds is 4. The summed E-state index contributed by atoms with van der Waals surface area (Å²) in [6.07, 6.45) is 5.96. The second-order valence-corrected chi connectivity index (χ2v) is 7.86. The largest absolute Gasteiger partial charge is 0.324 e. The molecule has 8 heteroatoms. The second kappa shape index (κ2) is 7.53. The van der Waals surface area contributed by atoms with Gasteiger partial charge in [-0.3, -0.25) is 9.69 Å². The van der Waals surface area contributed by atoms with Gasteiger partial charge in [-0.25, -0.2) is 15.0 Å². The minimum absolute atomic E-state index is 0.0286. The van der Waals surface area contributed by atoms with E-state index in [1.54, 1.807) is 6.20 Å². The van der Waals surface area contributed by atoms with Crippen LogP contribution in [0.3, 0.4) is 0 Å². The van der Waals surface area contributed by atoms with E-state index >= 15 is 0 Å². The van der Waals surface area contributed by atoms with Gasteiger partial charge in [0.25, 0.3) is 0 Å². The zero-order valence-electron chi connectivity index (χ0n) is 16.6. The van der Waals surface area contributed by atoms with E-state index in [0.29, 0.717) is 18.4 Å². The zero-order valence-corrected chi connectivity index (χ0v) is 16.6. The van der Waals surface area contributed by atoms with Crippen molar-refractivity contribution in [1.82, 2.24) is 29.7 Å². The summed E-state index contributed by atoms with van der Waals surface area (Å²) in [6, 6.07) is 6.33. The monoisotopic (exact) mass is 391 g/mol. The summed E-state index contributed by atoms with van der Waals surface area (Å²) in [6.45, 7) is 6.16. The minimum atomic E-state index is -0.0286. The molecule has 8 nitrogen and oxygen atoms in total. The molecule has 3 aromatic heterocycles. The van der Waals surface area contributed by atoms with Crippen molar-refractivity contribution in [1.29, 1.82) is 0 Å². The van der Waals surface area contributed by atoms with Crippen molar-refractivity contribution in [2.24, 2.45) is 0 Å². The fraction of sp³-hybridized carbons (Fsp3) is 0.429. The summed E-state index contributed by atoms with van der Waals surface area (Å²) in [5.41, 5.74) is 2.72. The van der Waals surface area contributed by atoms with Crippen molar-refractivity contribution in [3.63, 3.8) is 0 Å². The lowest BCUT2D eigenvalue weighted by molar-refractivity contribution is -0.117. The van der Waals surface area contributed by atoms with Gasteiger partial charge in [-0.05, 0) is 38.4 Å². The Hall–Kier alpha value is -2.84. The highest BCUT2D eigenvalue weighted by Gasteiger charge is 2.22. The van der Waals surface area contributed by atoms with Crippen molar-refractivity contribution in [3.8, 4) is 11.4 Å². The first kappa shape index (κ1) is 18.2. The molecule has 2 aliphatic heterocycles. The Morgan fingerprint density at radius 2 is 2.21 bits per heavy atom. The van der Waals surface area contributed by atoms with Crippen LogP contribution in [0, 0.1) is 0 Å². The van der Waals surface area contributed by atoms with Crippen molar-refractivity contribution >= 4 is 22.6 Å². The number of likely N-dealkylation sites (tertiary alicyclic amines) is 1. The van der Waals surface area contributed by atoms with E-state index < -0.39 is 0 Å². The molecule has 0 radical (unpaired) electrons. The highest BCUT2D eigenvalue weighted by atomic mass is 16.2. The molecule has 1 saturated heterocycles. The van der Waals surface area contributed by atoms with Crippen molar-refractivity contribution in [2.45, 2.75) is 38.9 Å². The SMILES string of the molecule is CC1CCCN1CC(=O)Nc1cc2nc(-c3cnc4n3CCNC4)ccc2cn1. The Kier molecular flexibility index (Phi) is 4.73. The van der Waals surface area contributed by atoms with Gasteiger partial charge >= 0.3 is 0 Å². The maximum absolute atomic E-state index is 12.4.